The van der Waals surface area contributed by atoms with E-state index in [4.69, 9.17) is 20.9 Å². The molecule has 1 saturated heterocycles. The van der Waals surface area contributed by atoms with Gasteiger partial charge < -0.3 is 9.31 Å². The second-order valence-electron chi connectivity index (χ2n) is 4.74. The SMILES string of the molecule is CC(C)[C@@H]1OB([C@H](C)Cl)O[C@H]1C(C)C. The molecule has 2 nitrogen and oxygen atoms in total. The van der Waals surface area contributed by atoms with E-state index in [2.05, 4.69) is 27.7 Å². The van der Waals surface area contributed by atoms with Gasteiger partial charge in [-0.25, -0.2) is 0 Å². The van der Waals surface area contributed by atoms with Crippen LogP contribution in [-0.2, 0) is 9.31 Å². The first-order chi connectivity index (χ1) is 6.43. The quantitative estimate of drug-likeness (QED) is 0.536. The molecule has 0 radical (unpaired) electrons. The van der Waals surface area contributed by atoms with Crippen LogP contribution in [0.2, 0.25) is 0 Å². The molecule has 0 unspecified atom stereocenters. The van der Waals surface area contributed by atoms with Crippen LogP contribution >= 0.6 is 11.6 Å². The summed E-state index contributed by atoms with van der Waals surface area (Å²) in [6.07, 6.45) is 0.363. The Kier molecular flexibility index (Phi) is 4.29. The minimum Gasteiger partial charge on any atom is -0.404 e. The van der Waals surface area contributed by atoms with Gasteiger partial charge in [-0.1, -0.05) is 34.6 Å². The van der Waals surface area contributed by atoms with Crippen molar-refractivity contribution in [2.24, 2.45) is 11.8 Å². The van der Waals surface area contributed by atoms with Crippen LogP contribution in [0.15, 0.2) is 0 Å². The molecule has 0 saturated carbocycles. The van der Waals surface area contributed by atoms with Crippen molar-refractivity contribution in [1.29, 1.82) is 0 Å². The van der Waals surface area contributed by atoms with E-state index >= 15 is 0 Å². The van der Waals surface area contributed by atoms with Crippen molar-refractivity contribution in [1.82, 2.24) is 0 Å². The Balaban J connectivity index is 2.65. The molecular formula is C10H20BClO2. The molecular weight excluding hydrogens is 198 g/mol. The Labute approximate surface area is 92.4 Å². The molecule has 1 fully saturated rings. The lowest BCUT2D eigenvalue weighted by molar-refractivity contribution is 0.0815. The topological polar surface area (TPSA) is 18.5 Å². The molecule has 0 aromatic heterocycles. The third kappa shape index (κ3) is 2.65. The predicted octanol–water partition coefficient (Wildman–Crippen LogP) is 2.74. The Morgan fingerprint density at radius 3 is 1.50 bits per heavy atom. The van der Waals surface area contributed by atoms with Crippen LogP contribution in [0.5, 0.6) is 0 Å². The standard InChI is InChI=1S/C10H20BClO2/c1-6(2)9-10(7(3)4)14-11(13-9)8(5)12/h6-10H,1-5H3/t8-,9-,10-/m0/s1. The Morgan fingerprint density at radius 1 is 0.929 bits per heavy atom. The second-order valence-corrected chi connectivity index (χ2v) is 5.42. The average Bonchev–Trinajstić information content (AvgIpc) is 2.47. The first-order valence-electron chi connectivity index (χ1n) is 5.38. The summed E-state index contributed by atoms with van der Waals surface area (Å²) in [6, 6.07) is 0. The van der Waals surface area contributed by atoms with Crippen molar-refractivity contribution in [3.05, 3.63) is 0 Å². The first kappa shape index (κ1) is 12.3. The summed E-state index contributed by atoms with van der Waals surface area (Å²) < 4.78 is 11.6. The van der Waals surface area contributed by atoms with E-state index < -0.39 is 0 Å². The molecule has 4 heteroatoms. The van der Waals surface area contributed by atoms with E-state index in [9.17, 15) is 0 Å². The van der Waals surface area contributed by atoms with E-state index in [1.807, 2.05) is 6.92 Å². The minimum atomic E-state index is -0.239. The summed E-state index contributed by atoms with van der Waals surface area (Å²) in [5.41, 5.74) is 0. The lowest BCUT2D eigenvalue weighted by atomic mass is 9.86. The number of alkyl halides is 1. The van der Waals surface area contributed by atoms with E-state index in [1.165, 1.54) is 0 Å². The van der Waals surface area contributed by atoms with Gasteiger partial charge in [-0.3, -0.25) is 0 Å². The van der Waals surface area contributed by atoms with E-state index in [0.29, 0.717) is 11.8 Å². The van der Waals surface area contributed by atoms with Crippen LogP contribution in [-0.4, -0.2) is 24.6 Å². The fraction of sp³-hybridized carbons (Fsp3) is 1.00. The van der Waals surface area contributed by atoms with Crippen LogP contribution in [0, 0.1) is 11.8 Å². The average molecular weight is 219 g/mol. The van der Waals surface area contributed by atoms with Crippen LogP contribution in [0.4, 0.5) is 0 Å². The molecule has 1 rings (SSSR count). The van der Waals surface area contributed by atoms with E-state index in [-0.39, 0.29) is 24.6 Å². The summed E-state index contributed by atoms with van der Waals surface area (Å²) >= 11 is 5.97. The van der Waals surface area contributed by atoms with Crippen molar-refractivity contribution in [2.45, 2.75) is 52.1 Å². The summed E-state index contributed by atoms with van der Waals surface area (Å²) in [6.45, 7) is 10.5. The molecule has 14 heavy (non-hydrogen) atoms. The molecule has 0 spiro atoms. The molecule has 0 amide bonds. The highest BCUT2D eigenvalue weighted by atomic mass is 35.5. The maximum atomic E-state index is 5.97. The lowest BCUT2D eigenvalue weighted by Crippen LogP contribution is -2.31. The molecule has 82 valence electrons. The van der Waals surface area contributed by atoms with Crippen molar-refractivity contribution >= 4 is 18.7 Å². The number of hydrogen-bond donors (Lipinski definition) is 0. The van der Waals surface area contributed by atoms with Gasteiger partial charge in [0.25, 0.3) is 0 Å². The molecule has 0 aromatic rings. The van der Waals surface area contributed by atoms with Gasteiger partial charge in [0.1, 0.15) is 0 Å². The van der Waals surface area contributed by atoms with Gasteiger partial charge in [-0.2, -0.15) is 0 Å². The highest BCUT2D eigenvalue weighted by Crippen LogP contribution is 2.29. The van der Waals surface area contributed by atoms with Crippen molar-refractivity contribution < 1.29 is 9.31 Å². The zero-order valence-electron chi connectivity index (χ0n) is 9.66. The van der Waals surface area contributed by atoms with Gasteiger partial charge in [-0.15, -0.1) is 11.6 Å². The first-order valence-corrected chi connectivity index (χ1v) is 5.82. The number of hydrogen-bond acceptors (Lipinski definition) is 2. The summed E-state index contributed by atoms with van der Waals surface area (Å²) in [5.74, 6) is 0.950. The molecule has 0 N–H and O–H groups in total. The van der Waals surface area contributed by atoms with Crippen LogP contribution in [0.25, 0.3) is 0 Å². The van der Waals surface area contributed by atoms with Gasteiger partial charge in [0, 0.05) is 0 Å². The normalized spacial score (nSPS) is 30.4. The van der Waals surface area contributed by atoms with Crippen molar-refractivity contribution in [2.75, 3.05) is 0 Å². The highest BCUT2D eigenvalue weighted by Gasteiger charge is 2.44. The van der Waals surface area contributed by atoms with Gasteiger partial charge >= 0.3 is 7.12 Å². The molecule has 1 heterocycles. The third-order valence-corrected chi connectivity index (χ3v) is 2.80. The molecule has 0 aliphatic carbocycles. The van der Waals surface area contributed by atoms with E-state index in [1.54, 1.807) is 0 Å². The van der Waals surface area contributed by atoms with Crippen LogP contribution in [0.3, 0.4) is 0 Å². The van der Waals surface area contributed by atoms with Gasteiger partial charge in [0.15, 0.2) is 0 Å². The van der Waals surface area contributed by atoms with Crippen LogP contribution in [0.1, 0.15) is 34.6 Å². The number of rotatable bonds is 3. The monoisotopic (exact) mass is 218 g/mol. The molecule has 3 atom stereocenters. The van der Waals surface area contributed by atoms with E-state index in [0.717, 1.165) is 0 Å². The second kappa shape index (κ2) is 4.87. The zero-order valence-corrected chi connectivity index (χ0v) is 10.4. The molecule has 0 aromatic carbocycles. The lowest BCUT2D eigenvalue weighted by Gasteiger charge is -2.24. The largest absolute Gasteiger partial charge is 0.476 e. The zero-order chi connectivity index (χ0) is 10.9. The highest BCUT2D eigenvalue weighted by molar-refractivity contribution is 6.59. The Morgan fingerprint density at radius 2 is 1.29 bits per heavy atom. The maximum Gasteiger partial charge on any atom is 0.476 e. The fourth-order valence-electron chi connectivity index (χ4n) is 1.79. The molecule has 1 aliphatic heterocycles. The summed E-state index contributed by atoms with van der Waals surface area (Å²) in [4.78, 5) is 0. The molecule has 1 aliphatic rings. The predicted molar refractivity (Wildman–Crippen MR) is 60.5 cm³/mol. The summed E-state index contributed by atoms with van der Waals surface area (Å²) in [5, 5.41) is -0.0833. The van der Waals surface area contributed by atoms with Gasteiger partial charge in [-0.05, 0) is 11.8 Å². The third-order valence-electron chi connectivity index (χ3n) is 2.60. The fourth-order valence-corrected chi connectivity index (χ4v) is 1.90. The van der Waals surface area contributed by atoms with Gasteiger partial charge in [0.2, 0.25) is 0 Å². The van der Waals surface area contributed by atoms with Crippen molar-refractivity contribution in [3.63, 3.8) is 0 Å². The molecule has 0 bridgehead atoms. The maximum absolute atomic E-state index is 5.97. The Bertz CT molecular complexity index is 169. The van der Waals surface area contributed by atoms with Gasteiger partial charge in [0.05, 0.1) is 17.5 Å². The minimum absolute atomic E-state index is 0.0833. The number of halogens is 1. The summed E-state index contributed by atoms with van der Waals surface area (Å²) in [7, 11) is -0.239. The Hall–Kier alpha value is 0.275. The van der Waals surface area contributed by atoms with Crippen molar-refractivity contribution in [3.8, 4) is 0 Å². The smallest absolute Gasteiger partial charge is 0.404 e. The van der Waals surface area contributed by atoms with Crippen LogP contribution < -0.4 is 0 Å².